The lowest BCUT2D eigenvalue weighted by Crippen LogP contribution is -2.25. The van der Waals surface area contributed by atoms with Crippen LogP contribution in [0.2, 0.25) is 5.02 Å². The van der Waals surface area contributed by atoms with Crippen LogP contribution in [0.3, 0.4) is 0 Å². The predicted octanol–water partition coefficient (Wildman–Crippen LogP) is 2.27. The van der Waals surface area contributed by atoms with Crippen molar-refractivity contribution >= 4 is 17.3 Å². The van der Waals surface area contributed by atoms with Crippen LogP contribution in [0.15, 0.2) is 11.0 Å². The number of halogens is 1. The van der Waals surface area contributed by atoms with Gasteiger partial charge in [0.2, 0.25) is 0 Å². The zero-order valence-electron chi connectivity index (χ0n) is 9.46. The molecule has 1 saturated carbocycles. The molecule has 0 amide bonds. The number of hydrogen-bond donors (Lipinski definition) is 2. The van der Waals surface area contributed by atoms with Gasteiger partial charge in [-0.05, 0) is 24.7 Å². The molecule has 1 aliphatic carbocycles. The number of H-pyrrole nitrogens is 1. The monoisotopic (exact) mass is 241 g/mol. The molecule has 2 rings (SSSR count). The standard InChI is InChI=1S/C11H16ClN3O/c1-6-3-4-8(7(6)2)14-9-5-13-15-11(16)10(9)12/h5-8H,3-4H2,1-2H3,(H2,14,15,16). The molecule has 3 unspecified atom stereocenters. The van der Waals surface area contributed by atoms with Gasteiger partial charge in [0.15, 0.2) is 0 Å². The average Bonchev–Trinajstić information content (AvgIpc) is 2.57. The summed E-state index contributed by atoms with van der Waals surface area (Å²) in [4.78, 5) is 11.3. The molecular weight excluding hydrogens is 226 g/mol. The first-order valence-corrected chi connectivity index (χ1v) is 5.97. The van der Waals surface area contributed by atoms with Crippen LogP contribution in [0.1, 0.15) is 26.7 Å². The van der Waals surface area contributed by atoms with Crippen LogP contribution in [0, 0.1) is 11.8 Å². The molecule has 0 saturated heterocycles. The zero-order chi connectivity index (χ0) is 11.7. The highest BCUT2D eigenvalue weighted by Gasteiger charge is 2.30. The maximum absolute atomic E-state index is 11.3. The minimum Gasteiger partial charge on any atom is -0.379 e. The lowest BCUT2D eigenvalue weighted by molar-refractivity contribution is 0.435. The minimum absolute atomic E-state index is 0.196. The van der Waals surface area contributed by atoms with Crippen molar-refractivity contribution in [3.05, 3.63) is 21.6 Å². The fourth-order valence-corrected chi connectivity index (χ4v) is 2.40. The second-order valence-corrected chi connectivity index (χ2v) is 4.97. The van der Waals surface area contributed by atoms with E-state index in [9.17, 15) is 4.79 Å². The molecule has 5 heteroatoms. The van der Waals surface area contributed by atoms with E-state index in [4.69, 9.17) is 11.6 Å². The summed E-state index contributed by atoms with van der Waals surface area (Å²) >= 11 is 5.91. The maximum Gasteiger partial charge on any atom is 0.285 e. The van der Waals surface area contributed by atoms with Gasteiger partial charge in [0.05, 0.1) is 11.9 Å². The van der Waals surface area contributed by atoms with Crippen molar-refractivity contribution in [3.63, 3.8) is 0 Å². The lowest BCUT2D eigenvalue weighted by atomic mass is 9.98. The van der Waals surface area contributed by atoms with E-state index < -0.39 is 0 Å². The van der Waals surface area contributed by atoms with Crippen molar-refractivity contribution in [2.24, 2.45) is 11.8 Å². The summed E-state index contributed by atoms with van der Waals surface area (Å²) in [6.45, 7) is 4.48. The fraction of sp³-hybridized carbons (Fsp3) is 0.636. The van der Waals surface area contributed by atoms with Crippen LogP contribution < -0.4 is 10.9 Å². The number of rotatable bonds is 2. The molecule has 2 N–H and O–H groups in total. The summed E-state index contributed by atoms with van der Waals surface area (Å²) in [6.07, 6.45) is 3.90. The van der Waals surface area contributed by atoms with Crippen LogP contribution in [-0.2, 0) is 0 Å². The quantitative estimate of drug-likeness (QED) is 0.835. The molecule has 1 aliphatic rings. The number of hydrogen-bond acceptors (Lipinski definition) is 3. The number of nitrogens with one attached hydrogen (secondary N) is 2. The first-order chi connectivity index (χ1) is 7.59. The van der Waals surface area contributed by atoms with Crippen LogP contribution >= 0.6 is 11.6 Å². The first kappa shape index (κ1) is 11.5. The molecule has 1 heterocycles. The zero-order valence-corrected chi connectivity index (χ0v) is 10.2. The Kier molecular flexibility index (Phi) is 3.19. The normalized spacial score (nSPS) is 29.3. The summed E-state index contributed by atoms with van der Waals surface area (Å²) in [5.41, 5.74) is 0.293. The van der Waals surface area contributed by atoms with Gasteiger partial charge in [-0.3, -0.25) is 4.79 Å². The van der Waals surface area contributed by atoms with Crippen LogP contribution in [0.4, 0.5) is 5.69 Å². The van der Waals surface area contributed by atoms with Crippen molar-refractivity contribution in [2.75, 3.05) is 5.32 Å². The second kappa shape index (κ2) is 4.45. The maximum atomic E-state index is 11.3. The van der Waals surface area contributed by atoms with Crippen LogP contribution in [0.5, 0.6) is 0 Å². The van der Waals surface area contributed by atoms with Gasteiger partial charge < -0.3 is 5.32 Å². The molecule has 1 aromatic rings. The molecule has 3 atom stereocenters. The SMILES string of the molecule is CC1CCC(Nc2cn[nH]c(=O)c2Cl)C1C. The number of nitrogens with zero attached hydrogens (tertiary/aromatic N) is 1. The lowest BCUT2D eigenvalue weighted by Gasteiger charge is -2.20. The Bertz CT molecular complexity index is 431. The van der Waals surface area contributed by atoms with Crippen molar-refractivity contribution in [1.82, 2.24) is 10.2 Å². The van der Waals surface area contributed by atoms with Gasteiger partial charge in [0, 0.05) is 6.04 Å². The third kappa shape index (κ3) is 2.07. The van der Waals surface area contributed by atoms with Crippen LogP contribution in [-0.4, -0.2) is 16.2 Å². The Morgan fingerprint density at radius 1 is 1.50 bits per heavy atom. The number of anilines is 1. The Labute approximate surface area is 99.4 Å². The van der Waals surface area contributed by atoms with Gasteiger partial charge in [-0.2, -0.15) is 5.10 Å². The molecule has 0 bridgehead atoms. The Morgan fingerprint density at radius 2 is 2.25 bits per heavy atom. The molecule has 16 heavy (non-hydrogen) atoms. The Hall–Kier alpha value is -1.03. The molecular formula is C11H16ClN3O. The van der Waals surface area contributed by atoms with Crippen LogP contribution in [0.25, 0.3) is 0 Å². The first-order valence-electron chi connectivity index (χ1n) is 5.59. The van der Waals surface area contributed by atoms with Gasteiger partial charge in [0.1, 0.15) is 5.02 Å². The molecule has 0 aliphatic heterocycles. The molecule has 4 nitrogen and oxygen atoms in total. The van der Waals surface area contributed by atoms with Gasteiger partial charge in [-0.25, -0.2) is 5.10 Å². The predicted molar refractivity (Wildman–Crippen MR) is 64.8 cm³/mol. The highest BCUT2D eigenvalue weighted by molar-refractivity contribution is 6.32. The summed E-state index contributed by atoms with van der Waals surface area (Å²) in [5.74, 6) is 1.31. The van der Waals surface area contributed by atoms with Gasteiger partial charge in [0.25, 0.3) is 5.56 Å². The van der Waals surface area contributed by atoms with E-state index in [1.54, 1.807) is 6.20 Å². The van der Waals surface area contributed by atoms with E-state index in [-0.39, 0.29) is 10.6 Å². The Morgan fingerprint density at radius 3 is 2.88 bits per heavy atom. The number of aromatic amines is 1. The molecule has 1 aromatic heterocycles. The van der Waals surface area contributed by atoms with Crippen molar-refractivity contribution in [3.8, 4) is 0 Å². The molecule has 0 aromatic carbocycles. The summed E-state index contributed by atoms with van der Waals surface area (Å²) in [5, 5.41) is 9.57. The largest absolute Gasteiger partial charge is 0.379 e. The van der Waals surface area contributed by atoms with Crippen molar-refractivity contribution in [1.29, 1.82) is 0 Å². The van der Waals surface area contributed by atoms with E-state index in [0.717, 1.165) is 6.42 Å². The molecule has 88 valence electrons. The van der Waals surface area contributed by atoms with Crippen molar-refractivity contribution < 1.29 is 0 Å². The highest BCUT2D eigenvalue weighted by Crippen LogP contribution is 2.33. The topological polar surface area (TPSA) is 57.8 Å². The van der Waals surface area contributed by atoms with E-state index >= 15 is 0 Å². The molecule has 1 fully saturated rings. The molecule has 0 radical (unpaired) electrons. The van der Waals surface area contributed by atoms with E-state index in [2.05, 4.69) is 29.4 Å². The van der Waals surface area contributed by atoms with Gasteiger partial charge >= 0.3 is 0 Å². The molecule has 0 spiro atoms. The summed E-state index contributed by atoms with van der Waals surface area (Å²) in [7, 11) is 0. The fourth-order valence-electron chi connectivity index (χ4n) is 2.25. The summed E-state index contributed by atoms with van der Waals surface area (Å²) in [6, 6.07) is 0.385. The Balaban J connectivity index is 2.16. The third-order valence-electron chi connectivity index (χ3n) is 3.60. The van der Waals surface area contributed by atoms with Gasteiger partial charge in [-0.15, -0.1) is 0 Å². The van der Waals surface area contributed by atoms with E-state index in [1.165, 1.54) is 6.42 Å². The second-order valence-electron chi connectivity index (χ2n) is 4.59. The average molecular weight is 242 g/mol. The number of aromatic nitrogens is 2. The van der Waals surface area contributed by atoms with Crippen molar-refractivity contribution in [2.45, 2.75) is 32.7 Å². The van der Waals surface area contributed by atoms with E-state index in [1.807, 2.05) is 0 Å². The van der Waals surface area contributed by atoms with Gasteiger partial charge in [-0.1, -0.05) is 25.4 Å². The minimum atomic E-state index is -0.342. The third-order valence-corrected chi connectivity index (χ3v) is 3.98. The smallest absolute Gasteiger partial charge is 0.285 e. The highest BCUT2D eigenvalue weighted by atomic mass is 35.5. The summed E-state index contributed by atoms with van der Waals surface area (Å²) < 4.78 is 0. The van der Waals surface area contributed by atoms with E-state index in [0.29, 0.717) is 23.6 Å².